The van der Waals surface area contributed by atoms with Gasteiger partial charge in [0.2, 0.25) is 5.91 Å². The highest BCUT2D eigenvalue weighted by Gasteiger charge is 2.27. The monoisotopic (exact) mass is 426 g/mol. The Balaban J connectivity index is 1.71. The van der Waals surface area contributed by atoms with E-state index in [4.69, 9.17) is 4.74 Å². The van der Waals surface area contributed by atoms with Crippen LogP contribution in [0.4, 0.5) is 15.0 Å². The predicted molar refractivity (Wildman–Crippen MR) is 118 cm³/mol. The molecular weight excluding hydrogens is 399 g/mol. The third kappa shape index (κ3) is 5.59. The molecule has 2 amide bonds. The van der Waals surface area contributed by atoms with Crippen molar-refractivity contribution in [3.05, 3.63) is 48.5 Å². The van der Waals surface area contributed by atoms with E-state index in [0.717, 1.165) is 16.5 Å². The van der Waals surface area contributed by atoms with Crippen LogP contribution in [0.25, 0.3) is 22.0 Å². The third-order valence-electron chi connectivity index (χ3n) is 4.59. The minimum atomic E-state index is -0.778. The molecule has 7 nitrogen and oxygen atoms in total. The average Bonchev–Trinajstić information content (AvgIpc) is 3.08. The van der Waals surface area contributed by atoms with Crippen molar-refractivity contribution < 1.29 is 18.7 Å². The number of fused-ring (bicyclic) bond motifs is 1. The lowest BCUT2D eigenvalue weighted by atomic mass is 10.0. The molecule has 0 fully saturated rings. The van der Waals surface area contributed by atoms with Gasteiger partial charge in [-0.15, -0.1) is 0 Å². The van der Waals surface area contributed by atoms with Crippen LogP contribution in [0.1, 0.15) is 34.6 Å². The van der Waals surface area contributed by atoms with Crippen molar-refractivity contribution in [3.8, 4) is 11.1 Å². The van der Waals surface area contributed by atoms with Crippen LogP contribution < -0.4 is 10.6 Å². The molecular formula is C23H27FN4O3. The molecule has 0 saturated heterocycles. The number of aromatic amines is 1. The fraction of sp³-hybridized carbons (Fsp3) is 0.348. The number of alkyl carbamates (subject to hydrolysis) is 1. The molecule has 0 radical (unpaired) electrons. The van der Waals surface area contributed by atoms with Gasteiger partial charge in [-0.2, -0.15) is 0 Å². The van der Waals surface area contributed by atoms with Crippen molar-refractivity contribution in [2.24, 2.45) is 5.92 Å². The lowest BCUT2D eigenvalue weighted by Gasteiger charge is -2.25. The van der Waals surface area contributed by atoms with E-state index in [2.05, 4.69) is 20.6 Å². The summed E-state index contributed by atoms with van der Waals surface area (Å²) in [7, 11) is 0. The maximum atomic E-state index is 13.4. The summed E-state index contributed by atoms with van der Waals surface area (Å²) < 4.78 is 18.6. The van der Waals surface area contributed by atoms with Crippen molar-refractivity contribution in [2.75, 3.05) is 5.32 Å². The Hall–Kier alpha value is -3.42. The van der Waals surface area contributed by atoms with E-state index in [-0.39, 0.29) is 17.6 Å². The Kier molecular flexibility index (Phi) is 6.29. The summed E-state index contributed by atoms with van der Waals surface area (Å²) in [4.78, 5) is 32.2. The fourth-order valence-electron chi connectivity index (χ4n) is 3.14. The molecule has 8 heteroatoms. The first-order valence-electron chi connectivity index (χ1n) is 10.1. The molecule has 0 aliphatic rings. The van der Waals surface area contributed by atoms with Crippen LogP contribution in [0.3, 0.4) is 0 Å². The van der Waals surface area contributed by atoms with Crippen LogP contribution in [-0.4, -0.2) is 33.6 Å². The summed E-state index contributed by atoms with van der Waals surface area (Å²) in [6, 6.07) is 7.28. The molecule has 1 atom stereocenters. The number of ether oxygens (including phenoxy) is 1. The summed E-state index contributed by atoms with van der Waals surface area (Å²) in [5, 5.41) is 6.22. The van der Waals surface area contributed by atoms with Crippen LogP contribution in [0.2, 0.25) is 0 Å². The van der Waals surface area contributed by atoms with Gasteiger partial charge in [-0.25, -0.2) is 14.2 Å². The number of hydrogen-bond acceptors (Lipinski definition) is 4. The van der Waals surface area contributed by atoms with Crippen molar-refractivity contribution in [1.82, 2.24) is 15.3 Å². The standard InChI is InChI=1S/C23H27FN4O3/c1-13(2)20(28-22(30)31-23(3,4)5)21(29)27-19-9-6-14(11-26-19)17-12-25-18-10-15(24)7-8-16(17)18/h6-13,20,25H,1-5H3,(H,28,30)(H,26,27,29)/t20-/m0/s1. The fourth-order valence-corrected chi connectivity index (χ4v) is 3.14. The topological polar surface area (TPSA) is 96.1 Å². The molecule has 0 aliphatic heterocycles. The van der Waals surface area contributed by atoms with E-state index in [0.29, 0.717) is 11.3 Å². The van der Waals surface area contributed by atoms with E-state index >= 15 is 0 Å². The number of nitrogens with one attached hydrogen (secondary N) is 3. The second-order valence-electron chi connectivity index (χ2n) is 8.68. The van der Waals surface area contributed by atoms with Gasteiger partial charge in [0, 0.05) is 34.4 Å². The van der Waals surface area contributed by atoms with Crippen LogP contribution in [0.15, 0.2) is 42.7 Å². The second kappa shape index (κ2) is 8.75. The summed E-state index contributed by atoms with van der Waals surface area (Å²) in [6.07, 6.45) is 2.77. The summed E-state index contributed by atoms with van der Waals surface area (Å²) in [6.45, 7) is 8.93. The number of halogens is 1. The van der Waals surface area contributed by atoms with E-state index in [1.54, 1.807) is 45.3 Å². The van der Waals surface area contributed by atoms with Crippen molar-refractivity contribution in [2.45, 2.75) is 46.3 Å². The van der Waals surface area contributed by atoms with Crippen LogP contribution in [0.5, 0.6) is 0 Å². The quantitative estimate of drug-likeness (QED) is 0.543. The molecule has 2 heterocycles. The molecule has 2 aromatic heterocycles. The number of aromatic nitrogens is 2. The third-order valence-corrected chi connectivity index (χ3v) is 4.59. The zero-order chi connectivity index (χ0) is 22.8. The minimum absolute atomic E-state index is 0.154. The first-order chi connectivity index (χ1) is 14.5. The van der Waals surface area contributed by atoms with Crippen LogP contribution in [0, 0.1) is 11.7 Å². The Morgan fingerprint density at radius 1 is 1.16 bits per heavy atom. The van der Waals surface area contributed by atoms with Crippen LogP contribution in [-0.2, 0) is 9.53 Å². The number of nitrogens with zero attached hydrogens (tertiary/aromatic N) is 1. The van der Waals surface area contributed by atoms with Gasteiger partial charge in [0.1, 0.15) is 23.3 Å². The molecule has 0 unspecified atom stereocenters. The largest absolute Gasteiger partial charge is 0.444 e. The lowest BCUT2D eigenvalue weighted by molar-refractivity contribution is -0.119. The zero-order valence-corrected chi connectivity index (χ0v) is 18.2. The molecule has 0 saturated carbocycles. The van der Waals surface area contributed by atoms with Gasteiger partial charge in [0.25, 0.3) is 0 Å². The first kappa shape index (κ1) is 22.3. The Morgan fingerprint density at radius 3 is 2.52 bits per heavy atom. The van der Waals surface area contributed by atoms with Gasteiger partial charge >= 0.3 is 6.09 Å². The lowest BCUT2D eigenvalue weighted by Crippen LogP contribution is -2.48. The Bertz CT molecular complexity index is 1080. The smallest absolute Gasteiger partial charge is 0.408 e. The van der Waals surface area contributed by atoms with E-state index in [1.165, 1.54) is 12.1 Å². The van der Waals surface area contributed by atoms with Crippen molar-refractivity contribution in [3.63, 3.8) is 0 Å². The van der Waals surface area contributed by atoms with Gasteiger partial charge in [-0.05, 0) is 57.0 Å². The molecule has 0 aliphatic carbocycles. The number of H-pyrrole nitrogens is 1. The van der Waals surface area contributed by atoms with Gasteiger partial charge < -0.3 is 20.4 Å². The number of benzene rings is 1. The van der Waals surface area contributed by atoms with Gasteiger partial charge in [0.15, 0.2) is 0 Å². The number of pyridine rings is 1. The molecule has 1 aromatic carbocycles. The molecule has 0 spiro atoms. The molecule has 164 valence electrons. The number of rotatable bonds is 5. The number of anilines is 1. The molecule has 3 N–H and O–H groups in total. The van der Waals surface area contributed by atoms with E-state index in [1.807, 2.05) is 19.9 Å². The minimum Gasteiger partial charge on any atom is -0.444 e. The molecule has 3 rings (SSSR count). The normalized spacial score (nSPS) is 12.6. The van der Waals surface area contributed by atoms with Crippen molar-refractivity contribution in [1.29, 1.82) is 0 Å². The summed E-state index contributed by atoms with van der Waals surface area (Å²) in [5.74, 6) is -0.491. The Morgan fingerprint density at radius 2 is 1.90 bits per heavy atom. The summed E-state index contributed by atoms with van der Waals surface area (Å²) in [5.41, 5.74) is 1.74. The highest BCUT2D eigenvalue weighted by Crippen LogP contribution is 2.29. The zero-order valence-electron chi connectivity index (χ0n) is 18.2. The van der Waals surface area contributed by atoms with Gasteiger partial charge in [0.05, 0.1) is 0 Å². The van der Waals surface area contributed by atoms with E-state index < -0.39 is 17.7 Å². The number of hydrogen-bond donors (Lipinski definition) is 3. The molecule has 31 heavy (non-hydrogen) atoms. The number of amides is 2. The maximum absolute atomic E-state index is 13.4. The highest BCUT2D eigenvalue weighted by molar-refractivity contribution is 5.97. The average molecular weight is 426 g/mol. The second-order valence-corrected chi connectivity index (χ2v) is 8.68. The molecule has 0 bridgehead atoms. The predicted octanol–water partition coefficient (Wildman–Crippen LogP) is 4.86. The maximum Gasteiger partial charge on any atom is 0.408 e. The van der Waals surface area contributed by atoms with Crippen molar-refractivity contribution >= 4 is 28.7 Å². The SMILES string of the molecule is CC(C)[C@H](NC(=O)OC(C)(C)C)C(=O)Nc1ccc(-c2c[nH]c3cc(F)ccc23)cn1. The highest BCUT2D eigenvalue weighted by atomic mass is 19.1. The van der Waals surface area contributed by atoms with Gasteiger partial charge in [-0.1, -0.05) is 13.8 Å². The number of carbonyl (C=O) groups is 2. The number of carbonyl (C=O) groups excluding carboxylic acids is 2. The van der Waals surface area contributed by atoms with E-state index in [9.17, 15) is 14.0 Å². The van der Waals surface area contributed by atoms with Gasteiger partial charge in [-0.3, -0.25) is 4.79 Å². The Labute approximate surface area is 180 Å². The molecule has 3 aromatic rings. The first-order valence-corrected chi connectivity index (χ1v) is 10.1. The van der Waals surface area contributed by atoms with Crippen LogP contribution >= 0.6 is 0 Å². The summed E-state index contributed by atoms with van der Waals surface area (Å²) >= 11 is 0.